The van der Waals surface area contributed by atoms with Crippen molar-refractivity contribution in [3.63, 3.8) is 0 Å². The number of rotatable bonds is 4. The lowest BCUT2D eigenvalue weighted by atomic mass is 10.1. The quantitative estimate of drug-likeness (QED) is 0.570. The summed E-state index contributed by atoms with van der Waals surface area (Å²) in [5.41, 5.74) is 0. The first-order valence-electron chi connectivity index (χ1n) is 5.28. The molecule has 2 heterocycles. The van der Waals surface area contributed by atoms with E-state index >= 15 is 0 Å². The molecule has 0 bridgehead atoms. The van der Waals surface area contributed by atoms with E-state index in [4.69, 9.17) is 0 Å². The predicted octanol–water partition coefficient (Wildman–Crippen LogP) is 0.350. The molecule has 1 aliphatic heterocycles. The Kier molecular flexibility index (Phi) is 3.04. The molecule has 1 aromatic rings. The van der Waals surface area contributed by atoms with E-state index in [0.29, 0.717) is 11.7 Å². The minimum absolute atomic E-state index is 0.103. The van der Waals surface area contributed by atoms with Crippen LogP contribution in [0.2, 0.25) is 0 Å². The van der Waals surface area contributed by atoms with Crippen LogP contribution in [0, 0.1) is 16.0 Å². The maximum absolute atomic E-state index is 10.7. The van der Waals surface area contributed by atoms with Gasteiger partial charge in [0.1, 0.15) is 0 Å². The maximum Gasteiger partial charge on any atom is 0.406 e. The van der Waals surface area contributed by atoms with E-state index < -0.39 is 4.92 Å². The van der Waals surface area contributed by atoms with Crippen LogP contribution in [-0.2, 0) is 7.05 Å². The fourth-order valence-electron chi connectivity index (χ4n) is 1.88. The van der Waals surface area contributed by atoms with Crippen LogP contribution < -0.4 is 10.6 Å². The minimum Gasteiger partial charge on any atom is -0.364 e. The topological polar surface area (TPSA) is 85.0 Å². The summed E-state index contributed by atoms with van der Waals surface area (Å²) in [6.45, 7) is 2.74. The summed E-state index contributed by atoms with van der Waals surface area (Å²) in [6.07, 6.45) is 2.56. The number of aromatic nitrogens is 2. The summed E-state index contributed by atoms with van der Waals surface area (Å²) in [5.74, 6) is 0.917. The molecule has 0 radical (unpaired) electrons. The summed E-state index contributed by atoms with van der Waals surface area (Å²) in [7, 11) is 1.75. The molecule has 0 aromatic carbocycles. The van der Waals surface area contributed by atoms with E-state index in [9.17, 15) is 10.1 Å². The highest BCUT2D eigenvalue weighted by Crippen LogP contribution is 2.21. The van der Waals surface area contributed by atoms with Crippen LogP contribution in [0.4, 0.5) is 11.6 Å². The SMILES string of the molecule is Cn1cnc([N+](=O)[O-])c1NCC1CCNC1. The summed E-state index contributed by atoms with van der Waals surface area (Å²) in [6, 6.07) is 0. The van der Waals surface area contributed by atoms with Gasteiger partial charge in [-0.15, -0.1) is 0 Å². The van der Waals surface area contributed by atoms with Gasteiger partial charge < -0.3 is 20.7 Å². The van der Waals surface area contributed by atoms with E-state index in [2.05, 4.69) is 15.6 Å². The monoisotopic (exact) mass is 225 g/mol. The lowest BCUT2D eigenvalue weighted by Crippen LogP contribution is -2.18. The van der Waals surface area contributed by atoms with Crippen molar-refractivity contribution >= 4 is 11.6 Å². The van der Waals surface area contributed by atoms with E-state index in [1.807, 2.05) is 0 Å². The van der Waals surface area contributed by atoms with Gasteiger partial charge in [0, 0.05) is 13.6 Å². The molecular formula is C9H15N5O2. The number of aryl methyl sites for hydroxylation is 1. The zero-order valence-electron chi connectivity index (χ0n) is 9.14. The van der Waals surface area contributed by atoms with Gasteiger partial charge in [0.15, 0.2) is 0 Å². The summed E-state index contributed by atoms with van der Waals surface area (Å²) in [5, 5.41) is 17.1. The van der Waals surface area contributed by atoms with Crippen LogP contribution in [0.15, 0.2) is 6.33 Å². The highest BCUT2D eigenvalue weighted by Gasteiger charge is 2.21. The fourth-order valence-corrected chi connectivity index (χ4v) is 1.88. The third-order valence-electron chi connectivity index (χ3n) is 2.81. The first-order valence-corrected chi connectivity index (χ1v) is 5.28. The average Bonchev–Trinajstić information content (AvgIpc) is 2.84. The fraction of sp³-hybridized carbons (Fsp3) is 0.667. The smallest absolute Gasteiger partial charge is 0.364 e. The molecule has 1 saturated heterocycles. The summed E-state index contributed by atoms with van der Waals surface area (Å²) in [4.78, 5) is 14.0. The molecule has 0 saturated carbocycles. The van der Waals surface area contributed by atoms with Crippen molar-refractivity contribution in [2.45, 2.75) is 6.42 Å². The van der Waals surface area contributed by atoms with Gasteiger partial charge in [-0.3, -0.25) is 4.57 Å². The molecule has 7 heteroatoms. The summed E-state index contributed by atoms with van der Waals surface area (Å²) < 4.78 is 1.64. The first kappa shape index (κ1) is 10.9. The molecule has 0 spiro atoms. The molecule has 0 amide bonds. The number of nitrogens with one attached hydrogen (secondary N) is 2. The van der Waals surface area contributed by atoms with Gasteiger partial charge in [-0.05, 0) is 35.3 Å². The third-order valence-corrected chi connectivity index (χ3v) is 2.81. The second kappa shape index (κ2) is 4.48. The molecule has 1 aliphatic rings. The molecule has 2 N–H and O–H groups in total. The van der Waals surface area contributed by atoms with Crippen molar-refractivity contribution < 1.29 is 4.92 Å². The largest absolute Gasteiger partial charge is 0.406 e. The van der Waals surface area contributed by atoms with Crippen molar-refractivity contribution in [3.05, 3.63) is 16.4 Å². The lowest BCUT2D eigenvalue weighted by molar-refractivity contribution is -0.388. The molecule has 2 rings (SSSR count). The Morgan fingerprint density at radius 3 is 3.25 bits per heavy atom. The predicted molar refractivity (Wildman–Crippen MR) is 59.3 cm³/mol. The Morgan fingerprint density at radius 1 is 1.81 bits per heavy atom. The Labute approximate surface area is 93.0 Å². The molecule has 7 nitrogen and oxygen atoms in total. The van der Waals surface area contributed by atoms with Crippen molar-refractivity contribution in [2.24, 2.45) is 13.0 Å². The van der Waals surface area contributed by atoms with Crippen LogP contribution in [0.5, 0.6) is 0 Å². The van der Waals surface area contributed by atoms with Gasteiger partial charge in [0.05, 0.1) is 0 Å². The maximum atomic E-state index is 10.7. The zero-order chi connectivity index (χ0) is 11.5. The standard InChI is InChI=1S/C9H15N5O2/c1-13-6-12-9(14(15)16)8(13)11-5-7-2-3-10-4-7/h6-7,10-11H,2-5H2,1H3. The lowest BCUT2D eigenvalue weighted by Gasteiger charge is -2.10. The highest BCUT2D eigenvalue weighted by atomic mass is 16.6. The van der Waals surface area contributed by atoms with Gasteiger partial charge in [-0.25, -0.2) is 0 Å². The number of nitrogens with zero attached hydrogens (tertiary/aromatic N) is 3. The number of hydrogen-bond donors (Lipinski definition) is 2. The summed E-state index contributed by atoms with van der Waals surface area (Å²) >= 11 is 0. The number of nitro groups is 1. The average molecular weight is 225 g/mol. The molecule has 1 aromatic heterocycles. The highest BCUT2D eigenvalue weighted by molar-refractivity contribution is 5.51. The molecule has 1 fully saturated rings. The van der Waals surface area contributed by atoms with Crippen LogP contribution in [-0.4, -0.2) is 34.1 Å². The van der Waals surface area contributed by atoms with E-state index in [1.54, 1.807) is 11.6 Å². The Balaban J connectivity index is 2.02. The van der Waals surface area contributed by atoms with E-state index in [1.165, 1.54) is 6.33 Å². The van der Waals surface area contributed by atoms with Gasteiger partial charge in [-0.2, -0.15) is 0 Å². The number of anilines is 1. The minimum atomic E-state index is -0.463. The Bertz CT molecular complexity index is 383. The van der Waals surface area contributed by atoms with Crippen molar-refractivity contribution in [1.29, 1.82) is 0 Å². The third kappa shape index (κ3) is 2.13. The molecular weight excluding hydrogens is 210 g/mol. The van der Waals surface area contributed by atoms with Gasteiger partial charge in [0.25, 0.3) is 0 Å². The van der Waals surface area contributed by atoms with Crippen LogP contribution in [0.3, 0.4) is 0 Å². The second-order valence-corrected chi connectivity index (χ2v) is 4.02. The molecule has 1 atom stereocenters. The van der Waals surface area contributed by atoms with Gasteiger partial charge in [0.2, 0.25) is 12.1 Å². The van der Waals surface area contributed by atoms with Crippen LogP contribution in [0.1, 0.15) is 6.42 Å². The Morgan fingerprint density at radius 2 is 2.62 bits per heavy atom. The molecule has 88 valence electrons. The van der Waals surface area contributed by atoms with Crippen molar-refractivity contribution in [2.75, 3.05) is 25.0 Å². The number of imidazole rings is 1. The van der Waals surface area contributed by atoms with Crippen LogP contribution in [0.25, 0.3) is 0 Å². The van der Waals surface area contributed by atoms with Crippen molar-refractivity contribution in [3.8, 4) is 0 Å². The molecule has 16 heavy (non-hydrogen) atoms. The van der Waals surface area contributed by atoms with Crippen molar-refractivity contribution in [1.82, 2.24) is 14.9 Å². The normalized spacial score (nSPS) is 19.9. The first-order chi connectivity index (χ1) is 7.68. The zero-order valence-corrected chi connectivity index (χ0v) is 9.14. The molecule has 1 unspecified atom stereocenters. The Hall–Kier alpha value is -1.63. The van der Waals surface area contributed by atoms with E-state index in [-0.39, 0.29) is 5.82 Å². The second-order valence-electron chi connectivity index (χ2n) is 4.02. The molecule has 0 aliphatic carbocycles. The van der Waals surface area contributed by atoms with Gasteiger partial charge in [-0.1, -0.05) is 0 Å². The van der Waals surface area contributed by atoms with Gasteiger partial charge >= 0.3 is 5.82 Å². The van der Waals surface area contributed by atoms with Crippen LogP contribution >= 0.6 is 0 Å². The van der Waals surface area contributed by atoms with E-state index in [0.717, 1.165) is 26.1 Å². The number of hydrogen-bond acceptors (Lipinski definition) is 5.